The van der Waals surface area contributed by atoms with Crippen LogP contribution in [0, 0.1) is 0 Å². The molecular formula is C13H13F3N2O3. The third kappa shape index (κ3) is 2.99. The zero-order valence-electron chi connectivity index (χ0n) is 11.1. The summed E-state index contributed by atoms with van der Waals surface area (Å²) in [6.07, 6.45) is -4.67. The van der Waals surface area contributed by atoms with E-state index in [1.165, 1.54) is 18.2 Å². The third-order valence-corrected chi connectivity index (χ3v) is 2.91. The molecule has 0 atom stereocenters. The Morgan fingerprint density at radius 1 is 1.43 bits per heavy atom. The molecule has 2 rings (SSSR count). The molecule has 114 valence electrons. The van der Waals surface area contributed by atoms with Gasteiger partial charge in [0.2, 0.25) is 5.82 Å². The van der Waals surface area contributed by atoms with Crippen molar-refractivity contribution in [3.05, 3.63) is 29.6 Å². The van der Waals surface area contributed by atoms with Crippen molar-refractivity contribution in [3.8, 4) is 0 Å². The summed E-state index contributed by atoms with van der Waals surface area (Å²) in [7, 11) is 0. The minimum atomic E-state index is -4.67. The molecule has 0 aliphatic carbocycles. The average molecular weight is 302 g/mol. The van der Waals surface area contributed by atoms with Crippen molar-refractivity contribution >= 4 is 17.0 Å². The number of halogens is 3. The van der Waals surface area contributed by atoms with E-state index < -0.39 is 18.0 Å². The highest BCUT2D eigenvalue weighted by Crippen LogP contribution is 2.32. The van der Waals surface area contributed by atoms with Gasteiger partial charge in [-0.25, -0.2) is 9.78 Å². The first-order chi connectivity index (χ1) is 9.86. The highest BCUT2D eigenvalue weighted by molar-refractivity contribution is 6.01. The van der Waals surface area contributed by atoms with Gasteiger partial charge < -0.3 is 14.4 Å². The van der Waals surface area contributed by atoms with E-state index in [1.54, 1.807) is 6.92 Å². The van der Waals surface area contributed by atoms with E-state index in [2.05, 4.69) is 4.98 Å². The van der Waals surface area contributed by atoms with E-state index in [0.29, 0.717) is 6.61 Å². The Balaban J connectivity index is 2.65. The number of para-hydroxylation sites is 1. The van der Waals surface area contributed by atoms with E-state index in [9.17, 15) is 18.0 Å². The van der Waals surface area contributed by atoms with Gasteiger partial charge in [0, 0.05) is 13.2 Å². The molecule has 5 nitrogen and oxygen atoms in total. The third-order valence-electron chi connectivity index (χ3n) is 2.91. The summed E-state index contributed by atoms with van der Waals surface area (Å²) in [6, 6.07) is 3.98. The number of benzene rings is 1. The Morgan fingerprint density at radius 3 is 2.71 bits per heavy atom. The lowest BCUT2D eigenvalue weighted by molar-refractivity contribution is -0.147. The number of carbonyl (C=O) groups is 1. The fraction of sp³-hybridized carbons (Fsp3) is 0.385. The largest absolute Gasteiger partial charge is 0.478 e. The Labute approximate surface area is 118 Å². The molecule has 0 saturated heterocycles. The molecule has 0 bridgehead atoms. The minimum Gasteiger partial charge on any atom is -0.478 e. The van der Waals surface area contributed by atoms with Gasteiger partial charge in [0.1, 0.15) is 0 Å². The second kappa shape index (κ2) is 5.72. The fourth-order valence-corrected chi connectivity index (χ4v) is 2.09. The van der Waals surface area contributed by atoms with Crippen LogP contribution in [0.15, 0.2) is 18.2 Å². The van der Waals surface area contributed by atoms with Crippen LogP contribution in [0.4, 0.5) is 13.2 Å². The molecule has 1 heterocycles. The number of fused-ring (bicyclic) bond motifs is 1. The van der Waals surface area contributed by atoms with Crippen molar-refractivity contribution < 1.29 is 27.8 Å². The second-order valence-electron chi connectivity index (χ2n) is 4.26. The number of aromatic carboxylic acids is 1. The summed E-state index contributed by atoms with van der Waals surface area (Å²) in [4.78, 5) is 14.7. The molecule has 0 radical (unpaired) electrons. The first kappa shape index (κ1) is 15.3. The molecular weight excluding hydrogens is 289 g/mol. The molecule has 2 aromatic rings. The van der Waals surface area contributed by atoms with Crippen molar-refractivity contribution in [2.45, 2.75) is 19.6 Å². The second-order valence-corrected chi connectivity index (χ2v) is 4.26. The lowest BCUT2D eigenvalue weighted by Crippen LogP contribution is -2.18. The maximum Gasteiger partial charge on any atom is 0.449 e. The topological polar surface area (TPSA) is 64.4 Å². The van der Waals surface area contributed by atoms with Crippen LogP contribution in [0.25, 0.3) is 11.0 Å². The van der Waals surface area contributed by atoms with E-state index >= 15 is 0 Å². The van der Waals surface area contributed by atoms with Crippen LogP contribution in [-0.2, 0) is 17.5 Å². The lowest BCUT2D eigenvalue weighted by atomic mass is 10.2. The summed E-state index contributed by atoms with van der Waals surface area (Å²) in [5.41, 5.74) is -0.261. The summed E-state index contributed by atoms with van der Waals surface area (Å²) >= 11 is 0. The standard InChI is InChI=1S/C13H13F3N2O3/c1-2-21-7-6-18-10-8(11(19)20)4-3-5-9(10)17-12(18)13(14,15)16/h3-5H,2,6-7H2,1H3,(H,19,20). The number of carboxylic acids is 1. The van der Waals surface area contributed by atoms with Crippen LogP contribution in [0.3, 0.4) is 0 Å². The van der Waals surface area contributed by atoms with Crippen molar-refractivity contribution in [3.63, 3.8) is 0 Å². The van der Waals surface area contributed by atoms with Gasteiger partial charge in [-0.1, -0.05) is 6.07 Å². The molecule has 21 heavy (non-hydrogen) atoms. The SMILES string of the molecule is CCOCCn1c(C(F)(F)F)nc2cccc(C(=O)O)c21. The fourth-order valence-electron chi connectivity index (χ4n) is 2.09. The molecule has 0 fully saturated rings. The molecule has 1 aromatic heterocycles. The van der Waals surface area contributed by atoms with Crippen molar-refractivity contribution in [1.29, 1.82) is 0 Å². The molecule has 8 heteroatoms. The van der Waals surface area contributed by atoms with Crippen molar-refractivity contribution in [2.75, 3.05) is 13.2 Å². The van der Waals surface area contributed by atoms with Crippen molar-refractivity contribution in [1.82, 2.24) is 9.55 Å². The average Bonchev–Trinajstić information content (AvgIpc) is 2.78. The molecule has 0 saturated carbocycles. The molecule has 0 aliphatic rings. The molecule has 1 N–H and O–H groups in total. The highest BCUT2D eigenvalue weighted by atomic mass is 19.4. The van der Waals surface area contributed by atoms with Gasteiger partial charge in [-0.3, -0.25) is 0 Å². The maximum atomic E-state index is 13.1. The molecule has 0 aliphatic heterocycles. The van der Waals surface area contributed by atoms with Gasteiger partial charge in [0.15, 0.2) is 0 Å². The predicted molar refractivity (Wildman–Crippen MR) is 68.2 cm³/mol. The number of hydrogen-bond donors (Lipinski definition) is 1. The number of hydrogen-bond acceptors (Lipinski definition) is 3. The number of alkyl halides is 3. The van der Waals surface area contributed by atoms with Gasteiger partial charge in [-0.05, 0) is 19.1 Å². The number of nitrogens with zero attached hydrogens (tertiary/aromatic N) is 2. The van der Waals surface area contributed by atoms with Gasteiger partial charge in [0.05, 0.1) is 23.2 Å². The van der Waals surface area contributed by atoms with E-state index in [4.69, 9.17) is 9.84 Å². The Hall–Kier alpha value is -2.09. The van der Waals surface area contributed by atoms with Crippen LogP contribution in [-0.4, -0.2) is 33.8 Å². The van der Waals surface area contributed by atoms with Crippen LogP contribution in [0.5, 0.6) is 0 Å². The zero-order valence-corrected chi connectivity index (χ0v) is 11.1. The van der Waals surface area contributed by atoms with Gasteiger partial charge in [-0.2, -0.15) is 13.2 Å². The van der Waals surface area contributed by atoms with Crippen molar-refractivity contribution in [2.24, 2.45) is 0 Å². The van der Waals surface area contributed by atoms with Gasteiger partial charge in [-0.15, -0.1) is 0 Å². The molecule has 0 spiro atoms. The first-order valence-corrected chi connectivity index (χ1v) is 6.23. The number of imidazole rings is 1. The summed E-state index contributed by atoms with van der Waals surface area (Å²) in [5.74, 6) is -2.42. The van der Waals surface area contributed by atoms with Gasteiger partial charge >= 0.3 is 12.1 Å². The first-order valence-electron chi connectivity index (χ1n) is 6.23. The van der Waals surface area contributed by atoms with E-state index in [-0.39, 0.29) is 29.7 Å². The Bertz CT molecular complexity index is 664. The van der Waals surface area contributed by atoms with Crippen LogP contribution in [0.1, 0.15) is 23.1 Å². The monoisotopic (exact) mass is 302 g/mol. The van der Waals surface area contributed by atoms with Crippen LogP contribution < -0.4 is 0 Å². The maximum absolute atomic E-state index is 13.1. The number of aromatic nitrogens is 2. The number of rotatable bonds is 5. The number of ether oxygens (including phenoxy) is 1. The van der Waals surface area contributed by atoms with Crippen LogP contribution >= 0.6 is 0 Å². The number of carboxylic acid groups (broad SMARTS) is 1. The summed E-state index contributed by atoms with van der Waals surface area (Å²) in [6.45, 7) is 2.00. The van der Waals surface area contributed by atoms with E-state index in [0.717, 1.165) is 4.57 Å². The lowest BCUT2D eigenvalue weighted by Gasteiger charge is -2.12. The molecule has 0 amide bonds. The van der Waals surface area contributed by atoms with Crippen LogP contribution in [0.2, 0.25) is 0 Å². The highest BCUT2D eigenvalue weighted by Gasteiger charge is 2.38. The zero-order chi connectivity index (χ0) is 15.6. The Morgan fingerprint density at radius 2 is 2.14 bits per heavy atom. The Kier molecular flexibility index (Phi) is 4.17. The minimum absolute atomic E-state index is 0.00118. The summed E-state index contributed by atoms with van der Waals surface area (Å²) < 4.78 is 45.1. The molecule has 1 aromatic carbocycles. The molecule has 0 unspecified atom stereocenters. The predicted octanol–water partition coefficient (Wildman–Crippen LogP) is 2.79. The van der Waals surface area contributed by atoms with Gasteiger partial charge in [0.25, 0.3) is 0 Å². The summed E-state index contributed by atoms with van der Waals surface area (Å²) in [5, 5.41) is 9.14. The smallest absolute Gasteiger partial charge is 0.449 e. The quantitative estimate of drug-likeness (QED) is 0.863. The van der Waals surface area contributed by atoms with E-state index in [1.807, 2.05) is 0 Å². The normalized spacial score (nSPS) is 12.0.